The Kier molecular flexibility index (Phi) is 10.5. The second-order valence-electron chi connectivity index (χ2n) is 7.52. The van der Waals surface area contributed by atoms with Gasteiger partial charge in [0.1, 0.15) is 17.6 Å². The predicted molar refractivity (Wildman–Crippen MR) is 137 cm³/mol. The highest BCUT2D eigenvalue weighted by Crippen LogP contribution is 2.27. The van der Waals surface area contributed by atoms with E-state index in [9.17, 15) is 5.11 Å². The van der Waals surface area contributed by atoms with Crippen molar-refractivity contribution in [3.05, 3.63) is 59.2 Å². The van der Waals surface area contributed by atoms with E-state index in [-0.39, 0.29) is 36.6 Å². The zero-order chi connectivity index (χ0) is 22.2. The largest absolute Gasteiger partial charge is 0.497 e. The lowest BCUT2D eigenvalue weighted by atomic mass is 10.0. The average molecular weight is 555 g/mol. The van der Waals surface area contributed by atoms with Crippen molar-refractivity contribution in [3.8, 4) is 11.5 Å². The Morgan fingerprint density at radius 1 is 1.22 bits per heavy atom. The normalized spacial score (nSPS) is 17.3. The van der Waals surface area contributed by atoms with Crippen LogP contribution in [0.25, 0.3) is 0 Å². The fourth-order valence-electron chi connectivity index (χ4n) is 3.70. The molecule has 1 fully saturated rings. The van der Waals surface area contributed by atoms with E-state index in [1.807, 2.05) is 19.1 Å². The molecule has 176 valence electrons. The van der Waals surface area contributed by atoms with Gasteiger partial charge in [0, 0.05) is 19.2 Å². The first kappa shape index (κ1) is 26.2. The number of guanidine groups is 1. The number of hydrogen-bond acceptors (Lipinski definition) is 5. The monoisotopic (exact) mass is 555 g/mol. The molecule has 2 aromatic rings. The van der Waals surface area contributed by atoms with Crippen LogP contribution >= 0.6 is 24.0 Å². The highest BCUT2D eigenvalue weighted by molar-refractivity contribution is 14.0. The molecule has 0 aromatic heterocycles. The maximum Gasteiger partial charge on any atom is 0.194 e. The Bertz CT molecular complexity index is 871. The van der Waals surface area contributed by atoms with Gasteiger partial charge in [0.05, 0.1) is 40.0 Å². The third kappa shape index (κ3) is 6.73. The molecule has 1 aliphatic rings. The van der Waals surface area contributed by atoms with E-state index in [4.69, 9.17) is 19.2 Å². The van der Waals surface area contributed by atoms with Gasteiger partial charge in [-0.2, -0.15) is 0 Å². The molecule has 2 atom stereocenters. The number of nitrogens with zero attached hydrogens (tertiary/aromatic N) is 2. The lowest BCUT2D eigenvalue weighted by Gasteiger charge is -2.36. The number of hydrogen-bond donors (Lipinski definition) is 2. The van der Waals surface area contributed by atoms with E-state index < -0.39 is 6.10 Å². The van der Waals surface area contributed by atoms with Gasteiger partial charge in [0.25, 0.3) is 0 Å². The van der Waals surface area contributed by atoms with Gasteiger partial charge in [-0.25, -0.2) is 0 Å². The predicted octanol–water partition coefficient (Wildman–Crippen LogP) is 3.70. The van der Waals surface area contributed by atoms with Crippen molar-refractivity contribution in [1.82, 2.24) is 10.2 Å². The van der Waals surface area contributed by atoms with Gasteiger partial charge in [0.2, 0.25) is 0 Å². The molecule has 32 heavy (non-hydrogen) atoms. The molecule has 0 amide bonds. The quantitative estimate of drug-likeness (QED) is 0.309. The van der Waals surface area contributed by atoms with Crippen LogP contribution in [0.3, 0.4) is 0 Å². The Hall–Kier alpha value is -2.04. The number of aryl methyl sites for hydroxylation is 1. The van der Waals surface area contributed by atoms with Crippen molar-refractivity contribution >= 4 is 29.9 Å². The van der Waals surface area contributed by atoms with Crippen LogP contribution in [0.1, 0.15) is 35.8 Å². The number of morpholine rings is 1. The number of nitrogens with one attached hydrogen (secondary N) is 1. The lowest BCUT2D eigenvalue weighted by Crippen LogP contribution is -2.48. The number of aliphatic hydroxyl groups excluding tert-OH is 1. The van der Waals surface area contributed by atoms with Crippen molar-refractivity contribution in [3.63, 3.8) is 0 Å². The van der Waals surface area contributed by atoms with Crippen LogP contribution in [0, 0.1) is 6.92 Å². The maximum absolute atomic E-state index is 10.8. The molecule has 1 heterocycles. The molecule has 0 radical (unpaired) electrons. The SMILES string of the molecule is CCNC(=NCC(O)c1cc(OC)cc(OC)c1)N1CCOC(c2ccccc2C)C1.I. The number of aliphatic hydroxyl groups is 1. The highest BCUT2D eigenvalue weighted by atomic mass is 127. The summed E-state index contributed by atoms with van der Waals surface area (Å²) in [4.78, 5) is 6.92. The molecule has 0 spiro atoms. The van der Waals surface area contributed by atoms with Gasteiger partial charge in [0.15, 0.2) is 5.96 Å². The second-order valence-corrected chi connectivity index (χ2v) is 7.52. The van der Waals surface area contributed by atoms with Gasteiger partial charge in [-0.3, -0.25) is 4.99 Å². The summed E-state index contributed by atoms with van der Waals surface area (Å²) in [5.74, 6) is 2.05. The Morgan fingerprint density at radius 3 is 2.53 bits per heavy atom. The first-order valence-corrected chi connectivity index (χ1v) is 10.7. The van der Waals surface area contributed by atoms with Crippen molar-refractivity contribution in [2.24, 2.45) is 4.99 Å². The smallest absolute Gasteiger partial charge is 0.194 e. The lowest BCUT2D eigenvalue weighted by molar-refractivity contribution is -0.00839. The summed E-state index contributed by atoms with van der Waals surface area (Å²) in [7, 11) is 3.19. The zero-order valence-corrected chi connectivity index (χ0v) is 21.5. The van der Waals surface area contributed by atoms with Crippen LogP contribution in [-0.4, -0.2) is 63.0 Å². The summed E-state index contributed by atoms with van der Waals surface area (Å²) in [6.45, 7) is 7.20. The molecule has 1 saturated heterocycles. The molecule has 0 aliphatic carbocycles. The molecule has 0 saturated carbocycles. The molecule has 0 bridgehead atoms. The summed E-state index contributed by atoms with van der Waals surface area (Å²) < 4.78 is 16.7. The third-order valence-electron chi connectivity index (χ3n) is 5.41. The van der Waals surface area contributed by atoms with Crippen LogP contribution in [0.4, 0.5) is 0 Å². The molecule has 2 unspecified atom stereocenters. The average Bonchev–Trinajstić information content (AvgIpc) is 2.81. The number of aliphatic imine (C=N–C) groups is 1. The molecular weight excluding hydrogens is 521 g/mol. The van der Waals surface area contributed by atoms with E-state index in [0.717, 1.165) is 19.0 Å². The Balaban J connectivity index is 0.00000363. The Labute approximate surface area is 207 Å². The fourth-order valence-corrected chi connectivity index (χ4v) is 3.70. The molecule has 1 aliphatic heterocycles. The molecule has 7 nitrogen and oxygen atoms in total. The van der Waals surface area contributed by atoms with Gasteiger partial charge in [-0.1, -0.05) is 24.3 Å². The standard InChI is InChI=1S/C24H33N3O4.HI/c1-5-25-24(26-15-22(28)18-12-19(29-3)14-20(13-18)30-4)27-10-11-31-23(16-27)21-9-7-6-8-17(21)2;/h6-9,12-14,22-23,28H,5,10-11,15-16H2,1-4H3,(H,25,26);1H. The second kappa shape index (κ2) is 12.9. The number of rotatable bonds is 7. The first-order valence-electron chi connectivity index (χ1n) is 10.7. The molecular formula is C24H34IN3O4. The summed E-state index contributed by atoms with van der Waals surface area (Å²) in [6, 6.07) is 13.7. The van der Waals surface area contributed by atoms with Gasteiger partial charge >= 0.3 is 0 Å². The summed E-state index contributed by atoms with van der Waals surface area (Å²) in [5, 5.41) is 14.1. The van der Waals surface area contributed by atoms with Crippen LogP contribution in [-0.2, 0) is 4.74 Å². The number of ether oxygens (including phenoxy) is 3. The minimum atomic E-state index is -0.772. The van der Waals surface area contributed by atoms with E-state index in [1.165, 1.54) is 11.1 Å². The van der Waals surface area contributed by atoms with Crippen LogP contribution in [0.2, 0.25) is 0 Å². The van der Waals surface area contributed by atoms with Crippen LogP contribution in [0.5, 0.6) is 11.5 Å². The van der Waals surface area contributed by atoms with Gasteiger partial charge in [-0.05, 0) is 42.7 Å². The van der Waals surface area contributed by atoms with Gasteiger partial charge < -0.3 is 29.5 Å². The van der Waals surface area contributed by atoms with E-state index in [1.54, 1.807) is 32.4 Å². The third-order valence-corrected chi connectivity index (χ3v) is 5.41. The summed E-state index contributed by atoms with van der Waals surface area (Å²) >= 11 is 0. The van der Waals surface area contributed by atoms with Gasteiger partial charge in [-0.15, -0.1) is 24.0 Å². The highest BCUT2D eigenvalue weighted by Gasteiger charge is 2.25. The van der Waals surface area contributed by atoms with Crippen molar-refractivity contribution in [2.75, 3.05) is 47.0 Å². The summed E-state index contributed by atoms with van der Waals surface area (Å²) in [5.41, 5.74) is 3.13. The van der Waals surface area contributed by atoms with E-state index in [2.05, 4.69) is 29.3 Å². The van der Waals surface area contributed by atoms with Crippen molar-refractivity contribution in [2.45, 2.75) is 26.1 Å². The summed E-state index contributed by atoms with van der Waals surface area (Å²) in [6.07, 6.45) is -0.780. The topological polar surface area (TPSA) is 75.6 Å². The first-order chi connectivity index (χ1) is 15.0. The van der Waals surface area contributed by atoms with Crippen molar-refractivity contribution < 1.29 is 19.3 Å². The molecule has 3 rings (SSSR count). The molecule has 2 N–H and O–H groups in total. The van der Waals surface area contributed by atoms with Crippen molar-refractivity contribution in [1.29, 1.82) is 0 Å². The Morgan fingerprint density at radius 2 is 1.91 bits per heavy atom. The van der Waals surface area contributed by atoms with E-state index in [0.29, 0.717) is 30.2 Å². The zero-order valence-electron chi connectivity index (χ0n) is 19.2. The number of benzene rings is 2. The molecule has 8 heteroatoms. The minimum absolute atomic E-state index is 0. The fraction of sp³-hybridized carbons (Fsp3) is 0.458. The van der Waals surface area contributed by atoms with E-state index >= 15 is 0 Å². The maximum atomic E-state index is 10.8. The minimum Gasteiger partial charge on any atom is -0.497 e. The molecule has 2 aromatic carbocycles. The number of methoxy groups -OCH3 is 2. The van der Waals surface area contributed by atoms with Crippen LogP contribution in [0.15, 0.2) is 47.5 Å². The number of halogens is 1. The van der Waals surface area contributed by atoms with Crippen LogP contribution < -0.4 is 14.8 Å².